The van der Waals surface area contributed by atoms with Gasteiger partial charge in [0.15, 0.2) is 0 Å². The van der Waals surface area contributed by atoms with Crippen LogP contribution in [0.4, 0.5) is 0 Å². The summed E-state index contributed by atoms with van der Waals surface area (Å²) in [6.45, 7) is 14.9. The van der Waals surface area contributed by atoms with Gasteiger partial charge < -0.3 is 20.1 Å². The maximum atomic E-state index is 12.7. The molecule has 0 aromatic heterocycles. The first-order chi connectivity index (χ1) is 17.2. The largest absolute Gasteiger partial charge is 0.481 e. The number of carboxylic acid groups (broad SMARTS) is 1. The van der Waals surface area contributed by atoms with Crippen molar-refractivity contribution in [1.82, 2.24) is 0 Å². The number of fused-ring (bicyclic) bond motifs is 5. The third kappa shape index (κ3) is 4.56. The standard InChI is InChI=1S/C31H52O6/c1-17(2)9-8-10-20(28(35)36)26-22-15-24(34)27-29(5)13-12-23(33)18(3)21(29)11-14-30(27,6)31(22,7)16-25(26)37-19(4)32/h17-18,20-27,33-34H,8-16H2,1-7H3,(H,35,36)/t18?,20-,21?,22?,23?,24?,25-,26-,27-,29-,30-,31-/m0/s1. The Hall–Kier alpha value is -1.14. The van der Waals surface area contributed by atoms with Crippen molar-refractivity contribution < 1.29 is 29.6 Å². The van der Waals surface area contributed by atoms with E-state index < -0.39 is 24.1 Å². The highest BCUT2D eigenvalue weighted by Crippen LogP contribution is 2.74. The molecule has 0 aliphatic heterocycles. The van der Waals surface area contributed by atoms with Crippen molar-refractivity contribution in [3.05, 3.63) is 0 Å². The summed E-state index contributed by atoms with van der Waals surface area (Å²) in [5, 5.41) is 33.0. The molecule has 0 aromatic carbocycles. The van der Waals surface area contributed by atoms with Crippen molar-refractivity contribution in [3.8, 4) is 0 Å². The molecule has 4 rings (SSSR count). The van der Waals surface area contributed by atoms with Crippen LogP contribution < -0.4 is 0 Å². The van der Waals surface area contributed by atoms with Crippen LogP contribution in [0, 0.1) is 57.7 Å². The van der Waals surface area contributed by atoms with Gasteiger partial charge in [-0.15, -0.1) is 0 Å². The number of carbonyl (C=O) groups excluding carboxylic acids is 1. The van der Waals surface area contributed by atoms with Crippen molar-refractivity contribution in [1.29, 1.82) is 0 Å². The van der Waals surface area contributed by atoms with Crippen LogP contribution in [0.2, 0.25) is 0 Å². The molecular formula is C31H52O6. The molecule has 6 heteroatoms. The molecule has 0 spiro atoms. The maximum Gasteiger partial charge on any atom is 0.306 e. The molecule has 0 bridgehead atoms. The van der Waals surface area contributed by atoms with Crippen LogP contribution in [-0.2, 0) is 14.3 Å². The normalized spacial score (nSPS) is 48.1. The van der Waals surface area contributed by atoms with E-state index in [0.29, 0.717) is 31.1 Å². The average molecular weight is 521 g/mol. The quantitative estimate of drug-likeness (QED) is 0.373. The zero-order valence-electron chi connectivity index (χ0n) is 24.2. The van der Waals surface area contributed by atoms with E-state index in [2.05, 4.69) is 41.5 Å². The van der Waals surface area contributed by atoms with Crippen LogP contribution >= 0.6 is 0 Å². The lowest BCUT2D eigenvalue weighted by atomic mass is 9.36. The van der Waals surface area contributed by atoms with Crippen molar-refractivity contribution >= 4 is 11.9 Å². The van der Waals surface area contributed by atoms with Gasteiger partial charge in [-0.2, -0.15) is 0 Å². The lowest BCUT2D eigenvalue weighted by molar-refractivity contribution is -0.240. The molecule has 0 amide bonds. The molecule has 6 nitrogen and oxygen atoms in total. The fourth-order valence-corrected chi connectivity index (χ4v) is 10.6. The third-order valence-electron chi connectivity index (χ3n) is 12.4. The minimum Gasteiger partial charge on any atom is -0.481 e. The molecule has 3 N–H and O–H groups in total. The van der Waals surface area contributed by atoms with Crippen molar-refractivity contribution in [2.75, 3.05) is 0 Å². The topological polar surface area (TPSA) is 104 Å². The molecule has 212 valence electrons. The number of carbonyl (C=O) groups is 2. The first-order valence-corrected chi connectivity index (χ1v) is 14.9. The summed E-state index contributed by atoms with van der Waals surface area (Å²) >= 11 is 0. The molecule has 0 saturated heterocycles. The second-order valence-electron chi connectivity index (χ2n) is 14.5. The van der Waals surface area contributed by atoms with Gasteiger partial charge in [0.1, 0.15) is 6.10 Å². The zero-order valence-corrected chi connectivity index (χ0v) is 24.2. The van der Waals surface area contributed by atoms with E-state index in [0.717, 1.165) is 38.5 Å². The number of ether oxygens (including phenoxy) is 1. The first-order valence-electron chi connectivity index (χ1n) is 14.9. The van der Waals surface area contributed by atoms with Crippen LogP contribution in [-0.4, -0.2) is 45.6 Å². The SMILES string of the molecule is CC(=O)O[C@H]1C[C@@]2(C)C(CC(O)[C@H]3[C@@]4(C)CCC(O)C(C)C4CC[C@@]32C)[C@@H]1[C@H](CCCC(C)C)C(=O)O. The van der Waals surface area contributed by atoms with E-state index in [9.17, 15) is 24.9 Å². The molecule has 12 atom stereocenters. The van der Waals surface area contributed by atoms with Crippen LogP contribution in [0.15, 0.2) is 0 Å². The molecule has 0 aromatic rings. The van der Waals surface area contributed by atoms with Gasteiger partial charge in [-0.05, 0) is 90.8 Å². The predicted octanol–water partition coefficient (Wildman–Crippen LogP) is 5.68. The maximum absolute atomic E-state index is 12.7. The smallest absolute Gasteiger partial charge is 0.306 e. The second-order valence-corrected chi connectivity index (χ2v) is 14.5. The van der Waals surface area contributed by atoms with Crippen molar-refractivity contribution in [2.45, 2.75) is 125 Å². The second kappa shape index (κ2) is 10.1. The molecule has 4 fully saturated rings. The Morgan fingerprint density at radius 2 is 1.65 bits per heavy atom. The average Bonchev–Trinajstić information content (AvgIpc) is 3.05. The predicted molar refractivity (Wildman–Crippen MR) is 143 cm³/mol. The molecular weight excluding hydrogens is 468 g/mol. The Morgan fingerprint density at radius 3 is 2.24 bits per heavy atom. The summed E-state index contributed by atoms with van der Waals surface area (Å²) in [6.07, 6.45) is 6.00. The fourth-order valence-electron chi connectivity index (χ4n) is 10.6. The monoisotopic (exact) mass is 520 g/mol. The van der Waals surface area contributed by atoms with Gasteiger partial charge in [0, 0.05) is 12.8 Å². The van der Waals surface area contributed by atoms with Gasteiger partial charge in [0.05, 0.1) is 18.1 Å². The number of rotatable bonds is 7. The number of aliphatic hydroxyl groups excluding tert-OH is 2. The Balaban J connectivity index is 1.73. The summed E-state index contributed by atoms with van der Waals surface area (Å²) in [5.41, 5.74) is -0.505. The van der Waals surface area contributed by atoms with E-state index in [1.54, 1.807) is 0 Å². The van der Waals surface area contributed by atoms with Crippen LogP contribution in [0.25, 0.3) is 0 Å². The van der Waals surface area contributed by atoms with Gasteiger partial charge in [-0.3, -0.25) is 9.59 Å². The lowest BCUT2D eigenvalue weighted by Crippen LogP contribution is -2.66. The van der Waals surface area contributed by atoms with Gasteiger partial charge >= 0.3 is 11.9 Å². The van der Waals surface area contributed by atoms with E-state index >= 15 is 0 Å². The van der Waals surface area contributed by atoms with Gasteiger partial charge in [-0.1, -0.05) is 54.4 Å². The summed E-state index contributed by atoms with van der Waals surface area (Å²) in [7, 11) is 0. The van der Waals surface area contributed by atoms with Crippen molar-refractivity contribution in [2.24, 2.45) is 57.7 Å². The first kappa shape index (κ1) is 28.9. The van der Waals surface area contributed by atoms with Crippen LogP contribution in [0.3, 0.4) is 0 Å². The number of hydrogen-bond acceptors (Lipinski definition) is 5. The highest BCUT2D eigenvalue weighted by Gasteiger charge is 2.72. The van der Waals surface area contributed by atoms with E-state index in [1.807, 2.05) is 0 Å². The molecule has 5 unspecified atom stereocenters. The molecule has 4 aliphatic rings. The van der Waals surface area contributed by atoms with E-state index in [-0.39, 0.29) is 52.0 Å². The minimum absolute atomic E-state index is 0.0139. The summed E-state index contributed by atoms with van der Waals surface area (Å²) in [4.78, 5) is 24.9. The number of aliphatic hydroxyl groups is 2. The molecule has 37 heavy (non-hydrogen) atoms. The Labute approximate surface area is 223 Å². The highest BCUT2D eigenvalue weighted by atomic mass is 16.5. The summed E-state index contributed by atoms with van der Waals surface area (Å²) in [5.74, 6) is -0.870. The van der Waals surface area contributed by atoms with E-state index in [4.69, 9.17) is 4.74 Å². The van der Waals surface area contributed by atoms with E-state index in [1.165, 1.54) is 6.92 Å². The Morgan fingerprint density at radius 1 is 0.973 bits per heavy atom. The van der Waals surface area contributed by atoms with Gasteiger partial charge in [0.25, 0.3) is 0 Å². The highest BCUT2D eigenvalue weighted by molar-refractivity contribution is 5.71. The summed E-state index contributed by atoms with van der Waals surface area (Å²) in [6, 6.07) is 0. The Kier molecular flexibility index (Phi) is 7.89. The minimum atomic E-state index is -0.803. The van der Waals surface area contributed by atoms with Gasteiger partial charge in [-0.25, -0.2) is 0 Å². The number of carboxylic acids is 1. The van der Waals surface area contributed by atoms with Crippen LogP contribution in [0.5, 0.6) is 0 Å². The number of esters is 1. The lowest BCUT2D eigenvalue weighted by Gasteiger charge is -2.69. The van der Waals surface area contributed by atoms with Crippen molar-refractivity contribution in [3.63, 3.8) is 0 Å². The number of hydrogen-bond donors (Lipinski definition) is 3. The number of aliphatic carboxylic acids is 1. The third-order valence-corrected chi connectivity index (χ3v) is 12.4. The molecule has 4 saturated carbocycles. The fraction of sp³-hybridized carbons (Fsp3) is 0.935. The van der Waals surface area contributed by atoms with Crippen LogP contribution in [0.1, 0.15) is 106 Å². The molecule has 0 heterocycles. The molecule has 0 radical (unpaired) electrons. The molecule has 4 aliphatic carbocycles. The summed E-state index contributed by atoms with van der Waals surface area (Å²) < 4.78 is 5.95. The Bertz CT molecular complexity index is 872. The van der Waals surface area contributed by atoms with Gasteiger partial charge in [0.2, 0.25) is 0 Å². The zero-order chi connectivity index (χ0) is 27.5.